The van der Waals surface area contributed by atoms with Gasteiger partial charge in [-0.15, -0.1) is 0 Å². The lowest BCUT2D eigenvalue weighted by atomic mass is 10.1. The molecule has 0 aliphatic heterocycles. The molecular formula is C20H19N5O. The van der Waals surface area contributed by atoms with Crippen molar-refractivity contribution in [2.75, 3.05) is 0 Å². The monoisotopic (exact) mass is 345 g/mol. The number of aryl methyl sites for hydroxylation is 1. The molecule has 0 spiro atoms. The highest BCUT2D eigenvalue weighted by molar-refractivity contribution is 5.76. The van der Waals surface area contributed by atoms with Gasteiger partial charge in [-0.05, 0) is 37.1 Å². The summed E-state index contributed by atoms with van der Waals surface area (Å²) in [5.41, 5.74) is 2.52. The minimum absolute atomic E-state index is 0.153. The molecule has 0 bridgehead atoms. The first-order valence-electron chi connectivity index (χ1n) is 8.45. The van der Waals surface area contributed by atoms with E-state index >= 15 is 0 Å². The van der Waals surface area contributed by atoms with Crippen LogP contribution in [0, 0.1) is 11.3 Å². The maximum atomic E-state index is 12.1. The van der Waals surface area contributed by atoms with Gasteiger partial charge in [0.2, 0.25) is 5.91 Å². The molecule has 3 aromatic rings. The number of hydrogen-bond acceptors (Lipinski definition) is 4. The molecule has 2 aromatic heterocycles. The van der Waals surface area contributed by atoms with Gasteiger partial charge in [0.05, 0.1) is 18.0 Å². The summed E-state index contributed by atoms with van der Waals surface area (Å²) in [5, 5.41) is 16.4. The van der Waals surface area contributed by atoms with Gasteiger partial charge in [-0.3, -0.25) is 9.78 Å². The van der Waals surface area contributed by atoms with Crippen LogP contribution in [0.5, 0.6) is 0 Å². The number of pyridine rings is 1. The van der Waals surface area contributed by atoms with Crippen LogP contribution in [-0.2, 0) is 11.2 Å². The quantitative estimate of drug-likeness (QED) is 0.713. The molecule has 6 heteroatoms. The summed E-state index contributed by atoms with van der Waals surface area (Å²) >= 11 is 0. The van der Waals surface area contributed by atoms with Crippen LogP contribution < -0.4 is 5.32 Å². The topological polar surface area (TPSA) is 83.6 Å². The number of rotatable bonds is 7. The maximum Gasteiger partial charge on any atom is 0.221 e. The summed E-state index contributed by atoms with van der Waals surface area (Å²) in [4.78, 5) is 16.4. The molecule has 6 nitrogen and oxygen atoms in total. The SMILES string of the molecule is N#CC(NC(=O)CCCc1ccccn1)c1cnn(-c2ccccc2)c1. The van der Waals surface area contributed by atoms with Crippen molar-refractivity contribution in [2.24, 2.45) is 0 Å². The van der Waals surface area contributed by atoms with E-state index in [1.165, 1.54) is 0 Å². The second-order valence-electron chi connectivity index (χ2n) is 5.86. The minimum atomic E-state index is -0.713. The summed E-state index contributed by atoms with van der Waals surface area (Å²) in [5.74, 6) is -0.153. The van der Waals surface area contributed by atoms with Gasteiger partial charge < -0.3 is 5.32 Å². The fourth-order valence-electron chi connectivity index (χ4n) is 2.61. The first-order valence-corrected chi connectivity index (χ1v) is 8.45. The summed E-state index contributed by atoms with van der Waals surface area (Å²) in [6.45, 7) is 0. The highest BCUT2D eigenvalue weighted by atomic mass is 16.1. The predicted molar refractivity (Wildman–Crippen MR) is 97.2 cm³/mol. The third-order valence-electron chi connectivity index (χ3n) is 3.95. The van der Waals surface area contributed by atoms with Crippen molar-refractivity contribution in [2.45, 2.75) is 25.3 Å². The molecule has 1 amide bonds. The average Bonchev–Trinajstić information content (AvgIpc) is 3.18. The number of hydrogen-bond donors (Lipinski definition) is 1. The van der Waals surface area contributed by atoms with Gasteiger partial charge in [0, 0.05) is 30.1 Å². The molecule has 0 aliphatic carbocycles. The van der Waals surface area contributed by atoms with Crippen molar-refractivity contribution in [3.05, 3.63) is 78.4 Å². The Morgan fingerprint density at radius 3 is 2.73 bits per heavy atom. The highest BCUT2D eigenvalue weighted by Gasteiger charge is 2.16. The van der Waals surface area contributed by atoms with Crippen molar-refractivity contribution in [3.8, 4) is 11.8 Å². The Balaban J connectivity index is 1.55. The van der Waals surface area contributed by atoms with Crippen molar-refractivity contribution in [1.29, 1.82) is 5.26 Å². The van der Waals surface area contributed by atoms with Crippen molar-refractivity contribution >= 4 is 5.91 Å². The fourth-order valence-corrected chi connectivity index (χ4v) is 2.61. The van der Waals surface area contributed by atoms with E-state index < -0.39 is 6.04 Å². The van der Waals surface area contributed by atoms with Crippen LogP contribution in [0.25, 0.3) is 5.69 Å². The number of nitriles is 1. The number of benzene rings is 1. The first kappa shape index (κ1) is 17.4. The third kappa shape index (κ3) is 4.54. The van der Waals surface area contributed by atoms with E-state index in [0.29, 0.717) is 18.4 Å². The van der Waals surface area contributed by atoms with Crippen molar-refractivity contribution in [1.82, 2.24) is 20.1 Å². The molecule has 0 radical (unpaired) electrons. The molecule has 1 N–H and O–H groups in total. The molecule has 1 aromatic carbocycles. The number of amides is 1. The zero-order chi connectivity index (χ0) is 18.2. The largest absolute Gasteiger partial charge is 0.337 e. The maximum absolute atomic E-state index is 12.1. The van der Waals surface area contributed by atoms with Gasteiger partial charge >= 0.3 is 0 Å². The van der Waals surface area contributed by atoms with Crippen LogP contribution in [0.4, 0.5) is 0 Å². The molecule has 0 saturated heterocycles. The van der Waals surface area contributed by atoms with Gasteiger partial charge in [-0.2, -0.15) is 10.4 Å². The number of carbonyl (C=O) groups excluding carboxylic acids is 1. The Hall–Kier alpha value is -3.46. The average molecular weight is 345 g/mol. The zero-order valence-corrected chi connectivity index (χ0v) is 14.2. The summed E-state index contributed by atoms with van der Waals surface area (Å²) in [6, 6.07) is 16.8. The lowest BCUT2D eigenvalue weighted by Gasteiger charge is -2.09. The van der Waals surface area contributed by atoms with Crippen LogP contribution in [0.1, 0.15) is 30.1 Å². The fraction of sp³-hybridized carbons (Fsp3) is 0.200. The van der Waals surface area contributed by atoms with Gasteiger partial charge in [0.25, 0.3) is 0 Å². The van der Waals surface area contributed by atoms with Crippen LogP contribution in [0.3, 0.4) is 0 Å². The second-order valence-corrected chi connectivity index (χ2v) is 5.86. The Bertz CT molecular complexity index is 883. The lowest BCUT2D eigenvalue weighted by molar-refractivity contribution is -0.121. The van der Waals surface area contributed by atoms with Gasteiger partial charge in [0.1, 0.15) is 6.04 Å². The molecule has 1 unspecified atom stereocenters. The number of para-hydroxylation sites is 1. The van der Waals surface area contributed by atoms with E-state index in [-0.39, 0.29) is 5.91 Å². The van der Waals surface area contributed by atoms with Gasteiger partial charge in [0.15, 0.2) is 0 Å². The van der Waals surface area contributed by atoms with Crippen LogP contribution in [-0.4, -0.2) is 20.7 Å². The van der Waals surface area contributed by atoms with Crippen LogP contribution in [0.2, 0.25) is 0 Å². The molecule has 2 heterocycles. The minimum Gasteiger partial charge on any atom is -0.337 e. The molecule has 130 valence electrons. The van der Waals surface area contributed by atoms with E-state index in [9.17, 15) is 10.1 Å². The van der Waals surface area contributed by atoms with Gasteiger partial charge in [-0.1, -0.05) is 24.3 Å². The number of aromatic nitrogens is 3. The molecule has 0 fully saturated rings. The standard InChI is InChI=1S/C20H19N5O/c21-13-19(16-14-23-25(15-16)18-9-2-1-3-10-18)24-20(26)11-6-8-17-7-4-5-12-22-17/h1-5,7,9-10,12,14-15,19H,6,8,11H2,(H,24,26). The Morgan fingerprint density at radius 2 is 2.00 bits per heavy atom. The van der Waals surface area contributed by atoms with Crippen LogP contribution >= 0.6 is 0 Å². The highest BCUT2D eigenvalue weighted by Crippen LogP contribution is 2.14. The molecular weight excluding hydrogens is 326 g/mol. The van der Waals surface area contributed by atoms with Crippen LogP contribution in [0.15, 0.2) is 67.1 Å². The summed E-state index contributed by atoms with van der Waals surface area (Å²) < 4.78 is 1.69. The Morgan fingerprint density at radius 1 is 1.19 bits per heavy atom. The van der Waals surface area contributed by atoms with E-state index in [1.54, 1.807) is 23.3 Å². The smallest absolute Gasteiger partial charge is 0.221 e. The first-order chi connectivity index (χ1) is 12.8. The normalized spacial score (nSPS) is 11.5. The Labute approximate surface area is 152 Å². The molecule has 0 saturated carbocycles. The summed E-state index contributed by atoms with van der Waals surface area (Å²) in [7, 11) is 0. The number of carbonyl (C=O) groups is 1. The second kappa shape index (κ2) is 8.58. The summed E-state index contributed by atoms with van der Waals surface area (Å²) in [6.07, 6.45) is 6.88. The number of nitrogens with zero attached hydrogens (tertiary/aromatic N) is 4. The Kier molecular flexibility index (Phi) is 5.73. The number of nitrogens with one attached hydrogen (secondary N) is 1. The molecule has 3 rings (SSSR count). The predicted octanol–water partition coefficient (Wildman–Crippen LogP) is 2.97. The van der Waals surface area contributed by atoms with Crippen molar-refractivity contribution in [3.63, 3.8) is 0 Å². The van der Waals surface area contributed by atoms with E-state index in [4.69, 9.17) is 0 Å². The van der Waals surface area contributed by atoms with E-state index in [0.717, 1.165) is 17.8 Å². The molecule has 1 atom stereocenters. The van der Waals surface area contributed by atoms with E-state index in [1.807, 2.05) is 48.5 Å². The van der Waals surface area contributed by atoms with Crippen molar-refractivity contribution < 1.29 is 4.79 Å². The molecule has 0 aliphatic rings. The van der Waals surface area contributed by atoms with Gasteiger partial charge in [-0.25, -0.2) is 4.68 Å². The zero-order valence-electron chi connectivity index (χ0n) is 14.2. The lowest BCUT2D eigenvalue weighted by Crippen LogP contribution is -2.27. The third-order valence-corrected chi connectivity index (χ3v) is 3.95. The van der Waals surface area contributed by atoms with E-state index in [2.05, 4.69) is 21.5 Å². The molecule has 26 heavy (non-hydrogen) atoms.